The van der Waals surface area contributed by atoms with E-state index in [9.17, 15) is 4.79 Å². The molecule has 0 bridgehead atoms. The van der Waals surface area contributed by atoms with E-state index in [1.807, 2.05) is 24.3 Å². The predicted molar refractivity (Wildman–Crippen MR) is 106 cm³/mol. The molecule has 140 valence electrons. The van der Waals surface area contributed by atoms with Crippen LogP contribution in [0.25, 0.3) is 0 Å². The van der Waals surface area contributed by atoms with Crippen molar-refractivity contribution in [3.63, 3.8) is 0 Å². The second kappa shape index (κ2) is 10.1. The SMILES string of the molecule is COc1ccc(NCCC(=O)NCCc2ccc(Cl)cc2Cl)cc1OC. The monoisotopic (exact) mass is 396 g/mol. The summed E-state index contributed by atoms with van der Waals surface area (Å²) in [5.41, 5.74) is 1.82. The van der Waals surface area contributed by atoms with Crippen LogP contribution in [0.1, 0.15) is 12.0 Å². The first-order valence-electron chi connectivity index (χ1n) is 8.20. The standard InChI is InChI=1S/C19H22Cl2N2O3/c1-25-17-6-5-15(12-18(17)26-2)22-10-8-19(24)23-9-7-13-3-4-14(20)11-16(13)21/h3-6,11-12,22H,7-10H2,1-2H3,(H,23,24). The van der Waals surface area contributed by atoms with E-state index in [0.29, 0.717) is 47.5 Å². The molecule has 2 aromatic rings. The van der Waals surface area contributed by atoms with Crippen LogP contribution in [0.3, 0.4) is 0 Å². The number of hydrogen-bond donors (Lipinski definition) is 2. The quantitative estimate of drug-likeness (QED) is 0.667. The Kier molecular flexibility index (Phi) is 7.88. The van der Waals surface area contributed by atoms with E-state index in [0.717, 1.165) is 11.3 Å². The Morgan fingerprint density at radius 2 is 1.77 bits per heavy atom. The van der Waals surface area contributed by atoms with Gasteiger partial charge in [0.1, 0.15) is 0 Å². The highest BCUT2D eigenvalue weighted by molar-refractivity contribution is 6.35. The van der Waals surface area contributed by atoms with E-state index in [-0.39, 0.29) is 5.91 Å². The number of halogens is 2. The Labute approximate surface area is 163 Å². The normalized spacial score (nSPS) is 10.3. The maximum atomic E-state index is 11.9. The van der Waals surface area contributed by atoms with Gasteiger partial charge in [0.05, 0.1) is 14.2 Å². The Bertz CT molecular complexity index is 754. The van der Waals surface area contributed by atoms with Crippen molar-refractivity contribution in [3.8, 4) is 11.5 Å². The minimum absolute atomic E-state index is 0.0249. The van der Waals surface area contributed by atoms with Gasteiger partial charge in [-0.15, -0.1) is 0 Å². The summed E-state index contributed by atoms with van der Waals surface area (Å²) in [5, 5.41) is 7.29. The topological polar surface area (TPSA) is 59.6 Å². The fourth-order valence-electron chi connectivity index (χ4n) is 2.42. The van der Waals surface area contributed by atoms with Crippen LogP contribution in [0.15, 0.2) is 36.4 Å². The average Bonchev–Trinajstić information content (AvgIpc) is 2.63. The Morgan fingerprint density at radius 3 is 2.46 bits per heavy atom. The number of hydrogen-bond acceptors (Lipinski definition) is 4. The van der Waals surface area contributed by atoms with Gasteiger partial charge < -0.3 is 20.1 Å². The molecule has 0 atom stereocenters. The number of carbonyl (C=O) groups excluding carboxylic acids is 1. The molecule has 0 aromatic heterocycles. The molecule has 0 spiro atoms. The lowest BCUT2D eigenvalue weighted by Gasteiger charge is -2.11. The largest absolute Gasteiger partial charge is 0.493 e. The number of amides is 1. The maximum absolute atomic E-state index is 11.9. The third-order valence-corrected chi connectivity index (χ3v) is 4.38. The minimum Gasteiger partial charge on any atom is -0.493 e. The van der Waals surface area contributed by atoms with Crippen LogP contribution in [-0.2, 0) is 11.2 Å². The number of ether oxygens (including phenoxy) is 2. The van der Waals surface area contributed by atoms with Gasteiger partial charge in [-0.25, -0.2) is 0 Å². The zero-order chi connectivity index (χ0) is 18.9. The summed E-state index contributed by atoms with van der Waals surface area (Å²) >= 11 is 12.0. The van der Waals surface area contributed by atoms with E-state index in [1.54, 1.807) is 26.4 Å². The Balaban J connectivity index is 1.72. The fourth-order valence-corrected chi connectivity index (χ4v) is 2.92. The second-order valence-electron chi connectivity index (χ2n) is 5.58. The highest BCUT2D eigenvalue weighted by Crippen LogP contribution is 2.29. The van der Waals surface area contributed by atoms with E-state index < -0.39 is 0 Å². The molecule has 2 aromatic carbocycles. The first-order valence-corrected chi connectivity index (χ1v) is 8.95. The molecule has 0 radical (unpaired) electrons. The molecule has 2 N–H and O–H groups in total. The Hall–Kier alpha value is -2.11. The highest BCUT2D eigenvalue weighted by atomic mass is 35.5. The fraction of sp³-hybridized carbons (Fsp3) is 0.316. The van der Waals surface area contributed by atoms with Crippen LogP contribution in [0.4, 0.5) is 5.69 Å². The van der Waals surface area contributed by atoms with Crippen LogP contribution in [0.2, 0.25) is 10.0 Å². The van der Waals surface area contributed by atoms with Gasteiger partial charge in [-0.05, 0) is 36.2 Å². The minimum atomic E-state index is -0.0249. The van der Waals surface area contributed by atoms with Gasteiger partial charge in [0.25, 0.3) is 0 Å². The lowest BCUT2D eigenvalue weighted by molar-refractivity contribution is -0.120. The molecule has 0 heterocycles. The van der Waals surface area contributed by atoms with Crippen molar-refractivity contribution in [2.75, 3.05) is 32.6 Å². The molecule has 0 aliphatic rings. The Morgan fingerprint density at radius 1 is 1.00 bits per heavy atom. The summed E-state index contributed by atoms with van der Waals surface area (Å²) in [7, 11) is 3.18. The van der Waals surface area contributed by atoms with Gasteiger partial charge in [-0.3, -0.25) is 4.79 Å². The number of methoxy groups -OCH3 is 2. The summed E-state index contributed by atoms with van der Waals surface area (Å²) in [6, 6.07) is 10.9. The van der Waals surface area contributed by atoms with Crippen molar-refractivity contribution in [2.45, 2.75) is 12.8 Å². The number of carbonyl (C=O) groups is 1. The van der Waals surface area contributed by atoms with E-state index >= 15 is 0 Å². The number of rotatable bonds is 9. The third kappa shape index (κ3) is 6.00. The molecule has 0 saturated heterocycles. The second-order valence-corrected chi connectivity index (χ2v) is 6.43. The summed E-state index contributed by atoms with van der Waals surface area (Å²) in [5.74, 6) is 1.28. The van der Waals surface area contributed by atoms with Crippen LogP contribution < -0.4 is 20.1 Å². The number of anilines is 1. The van der Waals surface area contributed by atoms with E-state index in [1.165, 1.54) is 0 Å². The van der Waals surface area contributed by atoms with Gasteiger partial charge in [0, 0.05) is 41.3 Å². The van der Waals surface area contributed by atoms with Gasteiger partial charge in [-0.1, -0.05) is 29.3 Å². The summed E-state index contributed by atoms with van der Waals surface area (Å²) in [6.45, 7) is 1.04. The van der Waals surface area contributed by atoms with Crippen molar-refractivity contribution >= 4 is 34.8 Å². The van der Waals surface area contributed by atoms with Crippen molar-refractivity contribution < 1.29 is 14.3 Å². The van der Waals surface area contributed by atoms with Gasteiger partial charge >= 0.3 is 0 Å². The summed E-state index contributed by atoms with van der Waals surface area (Å²) in [4.78, 5) is 11.9. The number of benzene rings is 2. The zero-order valence-electron chi connectivity index (χ0n) is 14.8. The van der Waals surface area contributed by atoms with Crippen molar-refractivity contribution in [1.29, 1.82) is 0 Å². The molecular weight excluding hydrogens is 375 g/mol. The average molecular weight is 397 g/mol. The first kappa shape index (κ1) is 20.2. The summed E-state index contributed by atoms with van der Waals surface area (Å²) < 4.78 is 10.4. The van der Waals surface area contributed by atoms with E-state index in [4.69, 9.17) is 32.7 Å². The lowest BCUT2D eigenvalue weighted by atomic mass is 10.1. The van der Waals surface area contributed by atoms with Crippen LogP contribution in [0.5, 0.6) is 11.5 Å². The molecule has 26 heavy (non-hydrogen) atoms. The van der Waals surface area contributed by atoms with E-state index in [2.05, 4.69) is 10.6 Å². The lowest BCUT2D eigenvalue weighted by Crippen LogP contribution is -2.27. The molecule has 7 heteroatoms. The van der Waals surface area contributed by atoms with Gasteiger partial charge in [0.2, 0.25) is 5.91 Å². The van der Waals surface area contributed by atoms with Crippen LogP contribution >= 0.6 is 23.2 Å². The zero-order valence-corrected chi connectivity index (χ0v) is 16.3. The molecule has 1 amide bonds. The van der Waals surface area contributed by atoms with Crippen molar-refractivity contribution in [2.24, 2.45) is 0 Å². The molecule has 0 aliphatic heterocycles. The smallest absolute Gasteiger partial charge is 0.221 e. The molecule has 5 nitrogen and oxygen atoms in total. The van der Waals surface area contributed by atoms with Crippen molar-refractivity contribution in [1.82, 2.24) is 5.32 Å². The molecule has 0 unspecified atom stereocenters. The maximum Gasteiger partial charge on any atom is 0.221 e. The molecule has 0 fully saturated rings. The first-order chi connectivity index (χ1) is 12.5. The van der Waals surface area contributed by atoms with Crippen LogP contribution in [-0.4, -0.2) is 33.2 Å². The third-order valence-electron chi connectivity index (χ3n) is 3.80. The highest BCUT2D eigenvalue weighted by Gasteiger charge is 2.06. The number of nitrogens with one attached hydrogen (secondary N) is 2. The summed E-state index contributed by atoms with van der Waals surface area (Å²) in [6.07, 6.45) is 1.02. The molecule has 0 aliphatic carbocycles. The predicted octanol–water partition coefficient (Wildman–Crippen LogP) is 4.17. The van der Waals surface area contributed by atoms with Crippen molar-refractivity contribution in [3.05, 3.63) is 52.0 Å². The van der Waals surface area contributed by atoms with Gasteiger partial charge in [-0.2, -0.15) is 0 Å². The molecule has 0 saturated carbocycles. The molecular formula is C19H22Cl2N2O3. The van der Waals surface area contributed by atoms with Gasteiger partial charge in [0.15, 0.2) is 11.5 Å². The molecule has 2 rings (SSSR count). The van der Waals surface area contributed by atoms with Crippen LogP contribution in [0, 0.1) is 0 Å².